The summed E-state index contributed by atoms with van der Waals surface area (Å²) >= 11 is 1.71. The minimum atomic E-state index is 0. The number of benzene rings is 1. The fraction of sp³-hybridized carbons (Fsp3) is 0.429. The van der Waals surface area contributed by atoms with Crippen LogP contribution in [0, 0.1) is 6.92 Å². The quantitative estimate of drug-likeness (QED) is 0.369. The lowest BCUT2D eigenvalue weighted by Gasteiger charge is -2.31. The number of piperidine rings is 1. The summed E-state index contributed by atoms with van der Waals surface area (Å²) in [6, 6.07) is 10.6. The monoisotopic (exact) mass is 496 g/mol. The molecule has 0 spiro atoms. The molecule has 1 aromatic carbocycles. The number of rotatable bonds is 5. The number of halogens is 1. The van der Waals surface area contributed by atoms with Gasteiger partial charge in [0.2, 0.25) is 0 Å². The maximum atomic E-state index is 4.83. The Kier molecular flexibility index (Phi) is 9.27. The summed E-state index contributed by atoms with van der Waals surface area (Å²) in [5.74, 6) is 1.04. The Balaban J connectivity index is 0.00000261. The summed E-state index contributed by atoms with van der Waals surface area (Å²) in [5.41, 5.74) is 3.98. The number of nitrogens with one attached hydrogen (secondary N) is 1. The number of hydrogen-bond acceptors (Lipinski definition) is 3. The van der Waals surface area contributed by atoms with Gasteiger partial charge in [-0.05, 0) is 32.3 Å². The van der Waals surface area contributed by atoms with Crippen LogP contribution in [0.15, 0.2) is 46.3 Å². The lowest BCUT2D eigenvalue weighted by Crippen LogP contribution is -2.44. The fourth-order valence-electron chi connectivity index (χ4n) is 3.16. The van der Waals surface area contributed by atoms with Crippen molar-refractivity contribution in [2.45, 2.75) is 33.1 Å². The van der Waals surface area contributed by atoms with E-state index in [-0.39, 0.29) is 24.0 Å². The number of aryl methyl sites for hydroxylation is 1. The number of aromatic nitrogens is 1. The topological polar surface area (TPSA) is 40.5 Å². The van der Waals surface area contributed by atoms with Crippen molar-refractivity contribution >= 4 is 47.3 Å². The summed E-state index contributed by atoms with van der Waals surface area (Å²) in [7, 11) is 0. The summed E-state index contributed by atoms with van der Waals surface area (Å²) in [5, 5.41) is 6.71. The number of aliphatic imine (C=N–C) groups is 1. The van der Waals surface area contributed by atoms with Crippen LogP contribution in [0.1, 0.15) is 36.0 Å². The second kappa shape index (κ2) is 11.4. The van der Waals surface area contributed by atoms with Gasteiger partial charge in [0.15, 0.2) is 5.96 Å². The highest BCUT2D eigenvalue weighted by molar-refractivity contribution is 14.0. The molecule has 1 aliphatic heterocycles. The molecule has 1 aromatic heterocycles. The average Bonchev–Trinajstić information content (AvgIpc) is 3.08. The molecular formula is C21H29IN4S. The van der Waals surface area contributed by atoms with Gasteiger partial charge in [-0.15, -0.1) is 35.3 Å². The molecule has 4 nitrogen and oxygen atoms in total. The smallest absolute Gasteiger partial charge is 0.193 e. The molecule has 1 fully saturated rings. The van der Waals surface area contributed by atoms with Crippen LogP contribution >= 0.6 is 35.3 Å². The molecule has 0 aliphatic carbocycles. The van der Waals surface area contributed by atoms with Gasteiger partial charge in [0.25, 0.3) is 0 Å². The summed E-state index contributed by atoms with van der Waals surface area (Å²) in [4.78, 5) is 11.7. The summed E-state index contributed by atoms with van der Waals surface area (Å²) in [6.07, 6.45) is 5.45. The normalized spacial score (nSPS) is 14.7. The zero-order valence-electron chi connectivity index (χ0n) is 16.1. The van der Waals surface area contributed by atoms with Gasteiger partial charge in [-0.25, -0.2) is 4.98 Å². The van der Waals surface area contributed by atoms with E-state index in [0.717, 1.165) is 62.1 Å². The van der Waals surface area contributed by atoms with E-state index in [4.69, 9.17) is 4.99 Å². The van der Waals surface area contributed by atoms with Crippen molar-refractivity contribution in [1.29, 1.82) is 0 Å². The van der Waals surface area contributed by atoms with Gasteiger partial charge in [0, 0.05) is 38.0 Å². The average molecular weight is 496 g/mol. The Hall–Kier alpha value is -1.41. The van der Waals surface area contributed by atoms with Gasteiger partial charge in [0.05, 0.1) is 10.7 Å². The second-order valence-corrected chi connectivity index (χ2v) is 7.61. The van der Waals surface area contributed by atoms with Crippen molar-refractivity contribution in [3.63, 3.8) is 0 Å². The predicted molar refractivity (Wildman–Crippen MR) is 127 cm³/mol. The van der Waals surface area contributed by atoms with E-state index in [1.807, 2.05) is 0 Å². The van der Waals surface area contributed by atoms with Gasteiger partial charge in [-0.2, -0.15) is 0 Å². The van der Waals surface area contributed by atoms with Crippen molar-refractivity contribution in [2.75, 3.05) is 26.2 Å². The molecule has 2 aromatic rings. The number of thiazole rings is 1. The first-order chi connectivity index (χ1) is 12.7. The van der Waals surface area contributed by atoms with Crippen molar-refractivity contribution < 1.29 is 0 Å². The van der Waals surface area contributed by atoms with E-state index in [1.165, 1.54) is 11.1 Å². The number of likely N-dealkylation sites (tertiary alicyclic amines) is 1. The fourth-order valence-corrected chi connectivity index (χ4v) is 3.81. The minimum Gasteiger partial charge on any atom is -0.357 e. The molecular weight excluding hydrogens is 467 g/mol. The zero-order valence-corrected chi connectivity index (χ0v) is 19.3. The zero-order chi connectivity index (χ0) is 18.2. The van der Waals surface area contributed by atoms with Crippen molar-refractivity contribution in [2.24, 2.45) is 4.99 Å². The molecule has 0 amide bonds. The Bertz CT molecular complexity index is 745. The van der Waals surface area contributed by atoms with E-state index >= 15 is 0 Å². The largest absolute Gasteiger partial charge is 0.357 e. The number of guanidine groups is 1. The molecule has 0 saturated carbocycles. The van der Waals surface area contributed by atoms with E-state index in [1.54, 1.807) is 11.3 Å². The Morgan fingerprint density at radius 1 is 1.26 bits per heavy atom. The van der Waals surface area contributed by atoms with E-state index in [2.05, 4.69) is 70.8 Å². The van der Waals surface area contributed by atoms with Crippen LogP contribution in [-0.2, 0) is 6.42 Å². The molecule has 27 heavy (non-hydrogen) atoms. The summed E-state index contributed by atoms with van der Waals surface area (Å²) < 4.78 is 0. The maximum Gasteiger partial charge on any atom is 0.193 e. The first-order valence-electron chi connectivity index (χ1n) is 9.43. The first kappa shape index (κ1) is 21.9. The molecule has 1 saturated heterocycles. The van der Waals surface area contributed by atoms with Crippen LogP contribution in [0.2, 0.25) is 0 Å². The maximum absolute atomic E-state index is 4.83. The third-order valence-electron chi connectivity index (χ3n) is 4.51. The SMILES string of the molecule is CCNC(=NCCc1csc(C)n1)N1CCC(=Cc2ccccc2)CC1.I. The number of nitrogens with zero attached hydrogens (tertiary/aromatic N) is 3. The Morgan fingerprint density at radius 3 is 2.63 bits per heavy atom. The lowest BCUT2D eigenvalue weighted by atomic mass is 10.0. The van der Waals surface area contributed by atoms with Crippen LogP contribution in [0.25, 0.3) is 6.08 Å². The molecule has 0 radical (unpaired) electrons. The first-order valence-corrected chi connectivity index (χ1v) is 10.3. The third-order valence-corrected chi connectivity index (χ3v) is 5.33. The standard InChI is InChI=1S/C21H28N4S.HI/c1-3-22-21(23-12-9-20-16-26-17(2)24-20)25-13-10-19(11-14-25)15-18-7-5-4-6-8-18;/h4-8,15-16H,3,9-14H2,1-2H3,(H,22,23);1H. The van der Waals surface area contributed by atoms with Crippen LogP contribution in [0.5, 0.6) is 0 Å². The van der Waals surface area contributed by atoms with Crippen LogP contribution < -0.4 is 5.32 Å². The lowest BCUT2D eigenvalue weighted by molar-refractivity contribution is 0.375. The molecule has 0 atom stereocenters. The minimum absolute atomic E-state index is 0. The molecule has 0 bridgehead atoms. The van der Waals surface area contributed by atoms with Gasteiger partial charge in [0.1, 0.15) is 0 Å². The Labute approximate surface area is 183 Å². The van der Waals surface area contributed by atoms with Gasteiger partial charge in [-0.1, -0.05) is 42.0 Å². The highest BCUT2D eigenvalue weighted by Gasteiger charge is 2.17. The van der Waals surface area contributed by atoms with Crippen molar-refractivity contribution in [3.8, 4) is 0 Å². The van der Waals surface area contributed by atoms with Gasteiger partial charge < -0.3 is 10.2 Å². The predicted octanol–water partition coefficient (Wildman–Crippen LogP) is 4.76. The van der Waals surface area contributed by atoms with E-state index < -0.39 is 0 Å². The highest BCUT2D eigenvalue weighted by atomic mass is 127. The van der Waals surface area contributed by atoms with E-state index in [9.17, 15) is 0 Å². The van der Waals surface area contributed by atoms with Crippen molar-refractivity contribution in [3.05, 3.63) is 57.6 Å². The number of hydrogen-bond donors (Lipinski definition) is 1. The third kappa shape index (κ3) is 6.92. The molecule has 146 valence electrons. The van der Waals surface area contributed by atoms with Crippen LogP contribution in [0.3, 0.4) is 0 Å². The molecule has 2 heterocycles. The second-order valence-electron chi connectivity index (χ2n) is 6.54. The molecule has 0 unspecified atom stereocenters. The summed E-state index contributed by atoms with van der Waals surface area (Å²) in [6.45, 7) is 7.92. The molecule has 1 aliphatic rings. The van der Waals surface area contributed by atoms with Crippen molar-refractivity contribution in [1.82, 2.24) is 15.2 Å². The molecule has 3 rings (SSSR count). The van der Waals surface area contributed by atoms with Gasteiger partial charge >= 0.3 is 0 Å². The Morgan fingerprint density at radius 2 is 2.00 bits per heavy atom. The van der Waals surface area contributed by atoms with Gasteiger partial charge in [-0.3, -0.25) is 4.99 Å². The highest BCUT2D eigenvalue weighted by Crippen LogP contribution is 2.19. The van der Waals surface area contributed by atoms with E-state index in [0.29, 0.717) is 0 Å². The molecule has 1 N–H and O–H groups in total. The van der Waals surface area contributed by atoms with Crippen LogP contribution in [0.4, 0.5) is 0 Å². The van der Waals surface area contributed by atoms with Crippen LogP contribution in [-0.4, -0.2) is 42.0 Å². The molecule has 6 heteroatoms.